The number of nitrogens with one attached hydrogen (secondary N) is 1. The molecule has 0 unspecified atom stereocenters. The van der Waals surface area contributed by atoms with Crippen LogP contribution in [-0.4, -0.2) is 42.6 Å². The quantitative estimate of drug-likeness (QED) is 0.709. The molecule has 1 aliphatic heterocycles. The van der Waals surface area contributed by atoms with E-state index in [4.69, 9.17) is 9.15 Å². The molecule has 164 valence electrons. The fourth-order valence-corrected chi connectivity index (χ4v) is 5.66. The minimum Gasteiger partial charge on any atom is -0.445 e. The van der Waals surface area contributed by atoms with Crippen molar-refractivity contribution < 1.29 is 28.2 Å². The second-order valence-electron chi connectivity index (χ2n) is 8.12. The first kappa shape index (κ1) is 20.8. The van der Waals surface area contributed by atoms with Crippen molar-refractivity contribution in [3.8, 4) is 0 Å². The Morgan fingerprint density at radius 3 is 2.83 bits per heavy atom. The van der Waals surface area contributed by atoms with Crippen molar-refractivity contribution in [1.29, 1.82) is 0 Å². The van der Waals surface area contributed by atoms with Crippen molar-refractivity contribution in [1.82, 2.24) is 9.29 Å². The molecule has 0 bridgehead atoms. The van der Waals surface area contributed by atoms with Crippen molar-refractivity contribution in [2.24, 2.45) is 11.3 Å². The molecule has 1 saturated carbocycles. The molecule has 30 heavy (non-hydrogen) atoms. The lowest BCUT2D eigenvalue weighted by molar-refractivity contribution is -0.0523. The number of hydrogen-bond donors (Lipinski definition) is 1. The molecule has 2 heterocycles. The average Bonchev–Trinajstić information content (AvgIpc) is 3.16. The van der Waals surface area contributed by atoms with Gasteiger partial charge in [0.2, 0.25) is 10.0 Å². The van der Waals surface area contributed by atoms with Crippen LogP contribution in [-0.2, 0) is 27.8 Å². The van der Waals surface area contributed by atoms with E-state index in [-0.39, 0.29) is 25.0 Å². The topological polar surface area (TPSA) is 102 Å². The maximum atomic E-state index is 14.5. The van der Waals surface area contributed by atoms with E-state index in [0.29, 0.717) is 42.4 Å². The molecule has 1 amide bonds. The minimum atomic E-state index is -3.10. The summed E-state index contributed by atoms with van der Waals surface area (Å²) in [5.41, 5.74) is 0.981. The molecule has 2 fully saturated rings. The summed E-state index contributed by atoms with van der Waals surface area (Å²) in [6.07, 6.45) is 4.39. The first-order valence-electron chi connectivity index (χ1n) is 9.86. The van der Waals surface area contributed by atoms with Gasteiger partial charge in [-0.05, 0) is 55.2 Å². The Hall–Kier alpha value is -2.46. The van der Waals surface area contributed by atoms with Crippen LogP contribution in [0.3, 0.4) is 0 Å². The first-order valence-corrected chi connectivity index (χ1v) is 11.5. The SMILES string of the molecule is CCS(=O)(=O)N1CC2(CC(Cc3ccc(NC(=O)OCc4cnco4)cc3F)C2)C1.[HH]. The maximum Gasteiger partial charge on any atom is 0.412 e. The van der Waals surface area contributed by atoms with Crippen LogP contribution in [0.2, 0.25) is 0 Å². The monoisotopic (exact) mass is 439 g/mol. The molecule has 1 spiro atoms. The van der Waals surface area contributed by atoms with Crippen LogP contribution < -0.4 is 5.32 Å². The van der Waals surface area contributed by atoms with Crippen LogP contribution in [0.5, 0.6) is 0 Å². The van der Waals surface area contributed by atoms with Gasteiger partial charge in [0.1, 0.15) is 5.82 Å². The van der Waals surface area contributed by atoms with Crippen LogP contribution in [0.15, 0.2) is 35.2 Å². The highest BCUT2D eigenvalue weighted by Gasteiger charge is 2.54. The molecule has 10 heteroatoms. The molecule has 1 aliphatic carbocycles. The summed E-state index contributed by atoms with van der Waals surface area (Å²) >= 11 is 0. The highest BCUT2D eigenvalue weighted by molar-refractivity contribution is 7.89. The normalized spacial score (nSPS) is 18.6. The molecular formula is C20H26FN3O5S. The summed E-state index contributed by atoms with van der Waals surface area (Å²) in [5.74, 6) is 0.502. The van der Waals surface area contributed by atoms with Gasteiger partial charge in [0.25, 0.3) is 0 Å². The molecule has 0 radical (unpaired) electrons. The van der Waals surface area contributed by atoms with Crippen molar-refractivity contribution in [2.75, 3.05) is 24.2 Å². The molecule has 1 saturated heterocycles. The molecule has 1 N–H and O–H groups in total. The van der Waals surface area contributed by atoms with E-state index in [1.54, 1.807) is 23.4 Å². The summed E-state index contributed by atoms with van der Waals surface area (Å²) in [6.45, 7) is 2.76. The van der Waals surface area contributed by atoms with Gasteiger partial charge in [-0.15, -0.1) is 0 Å². The zero-order valence-corrected chi connectivity index (χ0v) is 17.5. The number of rotatable bonds is 7. The molecular weight excluding hydrogens is 413 g/mol. The van der Waals surface area contributed by atoms with Gasteiger partial charge in [0.15, 0.2) is 18.8 Å². The Morgan fingerprint density at radius 1 is 1.43 bits per heavy atom. The van der Waals surface area contributed by atoms with E-state index in [1.807, 2.05) is 0 Å². The number of hydrogen-bond acceptors (Lipinski definition) is 6. The Balaban J connectivity index is 0.00000272. The minimum absolute atomic E-state index is 0. The predicted molar refractivity (Wildman–Crippen MR) is 109 cm³/mol. The zero-order chi connectivity index (χ0) is 21.4. The third-order valence-electron chi connectivity index (χ3n) is 5.86. The van der Waals surface area contributed by atoms with E-state index in [9.17, 15) is 17.6 Å². The fraction of sp³-hybridized carbons (Fsp3) is 0.500. The smallest absolute Gasteiger partial charge is 0.412 e. The first-order chi connectivity index (χ1) is 14.3. The van der Waals surface area contributed by atoms with Crippen molar-refractivity contribution >= 4 is 21.8 Å². The summed E-state index contributed by atoms with van der Waals surface area (Å²) in [7, 11) is -3.10. The number of oxazole rings is 1. The second-order valence-corrected chi connectivity index (χ2v) is 10.4. The van der Waals surface area contributed by atoms with Crippen LogP contribution in [0.1, 0.15) is 32.5 Å². The van der Waals surface area contributed by atoms with Crippen molar-refractivity contribution in [3.63, 3.8) is 0 Å². The summed E-state index contributed by atoms with van der Waals surface area (Å²) in [5, 5.41) is 2.48. The average molecular weight is 440 g/mol. The number of nitrogens with zero attached hydrogens (tertiary/aromatic N) is 2. The highest BCUT2D eigenvalue weighted by Crippen LogP contribution is 2.53. The third-order valence-corrected chi connectivity index (χ3v) is 7.64. The van der Waals surface area contributed by atoms with E-state index in [1.165, 1.54) is 18.7 Å². The van der Waals surface area contributed by atoms with E-state index >= 15 is 0 Å². The third kappa shape index (κ3) is 4.34. The van der Waals surface area contributed by atoms with Gasteiger partial charge in [-0.25, -0.2) is 26.9 Å². The number of anilines is 1. The standard InChI is InChI=1S/C20H24FN3O5S.H2/c1-2-30(26,27)24-11-20(12-24)7-14(8-20)5-15-3-4-16(6-18(15)21)23-19(25)28-10-17-9-22-13-29-17;/h3-4,6,9,13-14H,2,5,7-8,10-12H2,1H3,(H,23,25);1H. The van der Waals surface area contributed by atoms with E-state index in [2.05, 4.69) is 10.3 Å². The largest absolute Gasteiger partial charge is 0.445 e. The van der Waals surface area contributed by atoms with E-state index in [0.717, 1.165) is 12.8 Å². The van der Waals surface area contributed by atoms with Gasteiger partial charge in [0, 0.05) is 20.2 Å². The molecule has 1 aromatic carbocycles. The lowest BCUT2D eigenvalue weighted by Crippen LogP contribution is -2.64. The van der Waals surface area contributed by atoms with Gasteiger partial charge < -0.3 is 9.15 Å². The number of benzene rings is 1. The molecule has 0 atom stereocenters. The summed E-state index contributed by atoms with van der Waals surface area (Å²) < 4.78 is 49.7. The lowest BCUT2D eigenvalue weighted by Gasteiger charge is -2.58. The molecule has 2 aromatic rings. The van der Waals surface area contributed by atoms with Crippen LogP contribution in [0.4, 0.5) is 14.9 Å². The Bertz CT molecular complexity index is 1020. The zero-order valence-electron chi connectivity index (χ0n) is 16.6. The Kier molecular flexibility index (Phi) is 5.54. The predicted octanol–water partition coefficient (Wildman–Crippen LogP) is 3.41. The maximum absolute atomic E-state index is 14.5. The van der Waals surface area contributed by atoms with Gasteiger partial charge >= 0.3 is 6.09 Å². The van der Waals surface area contributed by atoms with Gasteiger partial charge in [-0.3, -0.25) is 5.32 Å². The number of halogens is 1. The summed E-state index contributed by atoms with van der Waals surface area (Å²) in [4.78, 5) is 15.5. The molecule has 1 aromatic heterocycles. The second kappa shape index (κ2) is 7.99. The van der Waals surface area contributed by atoms with Crippen molar-refractivity contribution in [2.45, 2.75) is 32.8 Å². The van der Waals surface area contributed by atoms with Crippen LogP contribution in [0, 0.1) is 17.2 Å². The molecule has 2 aliphatic rings. The van der Waals surface area contributed by atoms with Crippen LogP contribution in [0.25, 0.3) is 0 Å². The van der Waals surface area contributed by atoms with Gasteiger partial charge in [-0.1, -0.05) is 6.07 Å². The van der Waals surface area contributed by atoms with E-state index < -0.39 is 16.1 Å². The van der Waals surface area contributed by atoms with Gasteiger partial charge in [0.05, 0.1) is 11.9 Å². The molecule has 8 nitrogen and oxygen atoms in total. The Labute approximate surface area is 176 Å². The summed E-state index contributed by atoms with van der Waals surface area (Å²) in [6, 6.07) is 4.58. The van der Waals surface area contributed by atoms with Crippen molar-refractivity contribution in [3.05, 3.63) is 47.9 Å². The van der Waals surface area contributed by atoms with Gasteiger partial charge in [-0.2, -0.15) is 0 Å². The fourth-order valence-electron chi connectivity index (χ4n) is 4.35. The number of amides is 1. The lowest BCUT2D eigenvalue weighted by atomic mass is 9.57. The number of carbonyl (C=O) groups excluding carboxylic acids is 1. The number of carbonyl (C=O) groups is 1. The number of ether oxygens (including phenoxy) is 1. The number of aromatic nitrogens is 1. The number of sulfonamides is 1. The highest BCUT2D eigenvalue weighted by atomic mass is 32.2. The Morgan fingerprint density at radius 2 is 2.20 bits per heavy atom. The van der Waals surface area contributed by atoms with Crippen LogP contribution >= 0.6 is 0 Å². The molecule has 4 rings (SSSR count).